The van der Waals surface area contributed by atoms with Crippen LogP contribution in [0, 0.1) is 0 Å². The van der Waals surface area contributed by atoms with E-state index in [4.69, 9.17) is 9.47 Å². The van der Waals surface area contributed by atoms with Crippen molar-refractivity contribution in [1.29, 1.82) is 0 Å². The number of hydrogen-bond acceptors (Lipinski definition) is 6. The molecule has 2 aromatic carbocycles. The molecular formula is C22H26ClN3O4. The van der Waals surface area contributed by atoms with E-state index in [2.05, 4.69) is 15.8 Å². The van der Waals surface area contributed by atoms with Crippen LogP contribution in [-0.4, -0.2) is 31.4 Å². The van der Waals surface area contributed by atoms with Gasteiger partial charge in [0.1, 0.15) is 5.75 Å². The highest BCUT2D eigenvalue weighted by Crippen LogP contribution is 2.30. The van der Waals surface area contributed by atoms with E-state index in [1.807, 2.05) is 25.1 Å². The number of rotatable bonds is 7. The van der Waals surface area contributed by atoms with E-state index in [0.717, 1.165) is 17.5 Å². The van der Waals surface area contributed by atoms with Crippen molar-refractivity contribution < 1.29 is 19.1 Å². The van der Waals surface area contributed by atoms with Gasteiger partial charge in [0.25, 0.3) is 5.91 Å². The first-order valence-corrected chi connectivity index (χ1v) is 9.69. The van der Waals surface area contributed by atoms with E-state index in [1.54, 1.807) is 37.5 Å². The van der Waals surface area contributed by atoms with Gasteiger partial charge in [-0.2, -0.15) is 5.10 Å². The zero-order valence-electron chi connectivity index (χ0n) is 17.0. The predicted molar refractivity (Wildman–Crippen MR) is 118 cm³/mol. The number of halogens is 1. The minimum absolute atomic E-state index is 0. The van der Waals surface area contributed by atoms with Crippen LogP contribution in [0.3, 0.4) is 0 Å². The third-order valence-corrected chi connectivity index (χ3v) is 4.46. The maximum Gasteiger partial charge on any atom is 0.308 e. The monoisotopic (exact) mass is 431 g/mol. The summed E-state index contributed by atoms with van der Waals surface area (Å²) in [6.07, 6.45) is 3.57. The zero-order chi connectivity index (χ0) is 20.6. The summed E-state index contributed by atoms with van der Waals surface area (Å²) in [6, 6.07) is 12.6. The maximum absolute atomic E-state index is 12.5. The van der Waals surface area contributed by atoms with Crippen molar-refractivity contribution >= 4 is 36.2 Å². The molecule has 1 amide bonds. The molecule has 0 aromatic heterocycles. The molecule has 2 aromatic rings. The van der Waals surface area contributed by atoms with Gasteiger partial charge in [-0.15, -0.1) is 12.4 Å². The van der Waals surface area contributed by atoms with Gasteiger partial charge in [0.15, 0.2) is 0 Å². The summed E-state index contributed by atoms with van der Waals surface area (Å²) in [4.78, 5) is 24.1. The first kappa shape index (κ1) is 23.2. The molecule has 1 aliphatic heterocycles. The molecule has 1 atom stereocenters. The quantitative estimate of drug-likeness (QED) is 0.394. The number of amides is 1. The number of aryl methyl sites for hydroxylation is 1. The fourth-order valence-corrected chi connectivity index (χ4v) is 3.00. The van der Waals surface area contributed by atoms with Gasteiger partial charge in [-0.1, -0.05) is 19.1 Å². The molecule has 0 fully saturated rings. The van der Waals surface area contributed by atoms with Gasteiger partial charge in [-0.25, -0.2) is 0 Å². The first-order valence-electron chi connectivity index (χ1n) is 9.69. The van der Waals surface area contributed by atoms with Crippen LogP contribution < -0.4 is 15.5 Å². The Labute approximate surface area is 182 Å². The second kappa shape index (κ2) is 11.2. The SMILES string of the molecule is CCCC(=O)OC1CCc2cc(NC(=O)c3ccc(C=NNC)cc3)ccc2O1.Cl. The standard InChI is InChI=1S/C22H25N3O4.ClH/c1-3-4-20(26)29-21-12-9-17-13-18(10-11-19(17)28-21)25-22(27)16-7-5-15(6-8-16)14-24-23-2;/h5-8,10-11,13-14,21,23H,3-4,9,12H2,1-2H3,(H,25,27);1H. The lowest BCUT2D eigenvalue weighted by Crippen LogP contribution is -2.28. The number of esters is 1. The highest BCUT2D eigenvalue weighted by atomic mass is 35.5. The second-order valence-electron chi connectivity index (χ2n) is 6.71. The lowest BCUT2D eigenvalue weighted by Gasteiger charge is -2.26. The van der Waals surface area contributed by atoms with Crippen molar-refractivity contribution in [3.05, 3.63) is 59.2 Å². The normalized spacial score (nSPS) is 14.8. The molecular weight excluding hydrogens is 406 g/mol. The first-order chi connectivity index (χ1) is 14.1. The number of nitrogens with zero attached hydrogens (tertiary/aromatic N) is 1. The molecule has 1 aliphatic rings. The van der Waals surface area contributed by atoms with Gasteiger partial charge in [0, 0.05) is 31.1 Å². The van der Waals surface area contributed by atoms with Crippen LogP contribution in [0.2, 0.25) is 0 Å². The molecule has 1 heterocycles. The summed E-state index contributed by atoms with van der Waals surface area (Å²) in [6.45, 7) is 1.93. The molecule has 7 nitrogen and oxygen atoms in total. The molecule has 8 heteroatoms. The van der Waals surface area contributed by atoms with E-state index in [0.29, 0.717) is 36.3 Å². The Hall–Kier alpha value is -3.06. The lowest BCUT2D eigenvalue weighted by molar-refractivity contribution is -0.165. The second-order valence-corrected chi connectivity index (χ2v) is 6.71. The summed E-state index contributed by atoms with van der Waals surface area (Å²) in [5, 5.41) is 6.85. The topological polar surface area (TPSA) is 89.0 Å². The van der Waals surface area contributed by atoms with Crippen molar-refractivity contribution in [1.82, 2.24) is 5.43 Å². The van der Waals surface area contributed by atoms with E-state index >= 15 is 0 Å². The molecule has 0 aliphatic carbocycles. The number of ether oxygens (including phenoxy) is 2. The largest absolute Gasteiger partial charge is 0.454 e. The Morgan fingerprint density at radius 1 is 1.23 bits per heavy atom. The van der Waals surface area contributed by atoms with Gasteiger partial charge in [-0.3, -0.25) is 9.59 Å². The van der Waals surface area contributed by atoms with Crippen molar-refractivity contribution in [2.75, 3.05) is 12.4 Å². The van der Waals surface area contributed by atoms with E-state index in [1.165, 1.54) is 0 Å². The average Bonchev–Trinajstić information content (AvgIpc) is 2.73. The van der Waals surface area contributed by atoms with Crippen LogP contribution in [-0.2, 0) is 16.0 Å². The molecule has 0 saturated heterocycles. The van der Waals surface area contributed by atoms with Crippen LogP contribution in [0.1, 0.15) is 47.7 Å². The maximum atomic E-state index is 12.5. The third-order valence-electron chi connectivity index (χ3n) is 4.46. The molecule has 2 N–H and O–H groups in total. The van der Waals surface area contributed by atoms with Gasteiger partial charge in [0.2, 0.25) is 6.29 Å². The summed E-state index contributed by atoms with van der Waals surface area (Å²) in [5.41, 5.74) is 5.81. The third kappa shape index (κ3) is 6.22. The number of benzene rings is 2. The van der Waals surface area contributed by atoms with Gasteiger partial charge in [0.05, 0.1) is 6.21 Å². The number of anilines is 1. The number of carbonyl (C=O) groups excluding carboxylic acids is 2. The van der Waals surface area contributed by atoms with Crippen LogP contribution in [0.15, 0.2) is 47.6 Å². The molecule has 0 saturated carbocycles. The van der Waals surface area contributed by atoms with E-state index in [-0.39, 0.29) is 24.3 Å². The predicted octanol–water partition coefficient (Wildman–Crippen LogP) is 3.91. The van der Waals surface area contributed by atoms with E-state index in [9.17, 15) is 9.59 Å². The molecule has 30 heavy (non-hydrogen) atoms. The molecule has 0 spiro atoms. The Morgan fingerprint density at radius 2 is 2.00 bits per heavy atom. The zero-order valence-corrected chi connectivity index (χ0v) is 17.8. The fraction of sp³-hybridized carbons (Fsp3) is 0.318. The number of nitrogens with one attached hydrogen (secondary N) is 2. The van der Waals surface area contributed by atoms with Crippen LogP contribution >= 0.6 is 12.4 Å². The summed E-state index contributed by atoms with van der Waals surface area (Å²) >= 11 is 0. The fourth-order valence-electron chi connectivity index (χ4n) is 3.00. The molecule has 0 radical (unpaired) electrons. The average molecular weight is 432 g/mol. The van der Waals surface area contributed by atoms with E-state index < -0.39 is 6.29 Å². The number of carbonyl (C=O) groups is 2. The van der Waals surface area contributed by atoms with Gasteiger partial charge in [-0.05, 0) is 54.3 Å². The molecule has 160 valence electrons. The van der Waals surface area contributed by atoms with Crippen LogP contribution in [0.4, 0.5) is 5.69 Å². The summed E-state index contributed by atoms with van der Waals surface area (Å²) in [7, 11) is 1.72. The smallest absolute Gasteiger partial charge is 0.308 e. The number of fused-ring (bicyclic) bond motifs is 1. The molecule has 3 rings (SSSR count). The Morgan fingerprint density at radius 3 is 2.70 bits per heavy atom. The Kier molecular flexibility index (Phi) is 8.68. The van der Waals surface area contributed by atoms with Crippen molar-refractivity contribution in [3.8, 4) is 5.75 Å². The summed E-state index contributed by atoms with van der Waals surface area (Å²) in [5.74, 6) is 0.245. The minimum atomic E-state index is -0.549. The van der Waals surface area contributed by atoms with Crippen molar-refractivity contribution in [3.63, 3.8) is 0 Å². The lowest BCUT2D eigenvalue weighted by atomic mass is 10.0. The summed E-state index contributed by atoms with van der Waals surface area (Å²) < 4.78 is 11.1. The highest BCUT2D eigenvalue weighted by Gasteiger charge is 2.23. The van der Waals surface area contributed by atoms with Crippen LogP contribution in [0.25, 0.3) is 0 Å². The van der Waals surface area contributed by atoms with Crippen molar-refractivity contribution in [2.24, 2.45) is 5.10 Å². The highest BCUT2D eigenvalue weighted by molar-refractivity contribution is 6.04. The van der Waals surface area contributed by atoms with Crippen LogP contribution in [0.5, 0.6) is 5.75 Å². The van der Waals surface area contributed by atoms with Gasteiger partial charge >= 0.3 is 5.97 Å². The number of hydrogen-bond donors (Lipinski definition) is 2. The molecule has 0 bridgehead atoms. The van der Waals surface area contributed by atoms with Crippen molar-refractivity contribution in [2.45, 2.75) is 38.9 Å². The Balaban J connectivity index is 0.00000320. The van der Waals surface area contributed by atoms with Gasteiger partial charge < -0.3 is 20.2 Å². The Bertz CT molecular complexity index is 900. The number of hydrazone groups is 1. The molecule has 1 unspecified atom stereocenters. The minimum Gasteiger partial charge on any atom is -0.454 e.